The average Bonchev–Trinajstić information content (AvgIpc) is 2.50. The molecule has 0 saturated heterocycles. The lowest BCUT2D eigenvalue weighted by molar-refractivity contribution is -0.135. The molecule has 1 heterocycles. The summed E-state index contributed by atoms with van der Waals surface area (Å²) in [6, 6.07) is 1.56. The Kier molecular flexibility index (Phi) is 3.81. The number of aliphatic carboxylic acids is 1. The van der Waals surface area contributed by atoms with Crippen LogP contribution in [0.2, 0.25) is 0 Å². The molecule has 0 atom stereocenters. The van der Waals surface area contributed by atoms with Crippen molar-refractivity contribution in [1.29, 1.82) is 0 Å². The third-order valence-electron chi connectivity index (χ3n) is 1.46. The molecule has 1 rings (SSSR count). The summed E-state index contributed by atoms with van der Waals surface area (Å²) in [4.78, 5) is 21.3. The van der Waals surface area contributed by atoms with Crippen LogP contribution >= 0.6 is 0 Å². The number of carbonyl (C=O) groups excluding carboxylic acids is 1. The van der Waals surface area contributed by atoms with Crippen molar-refractivity contribution >= 4 is 17.7 Å². The Bertz CT molecular complexity index is 361. The van der Waals surface area contributed by atoms with Gasteiger partial charge in [0.25, 0.3) is 0 Å². The van der Waals surface area contributed by atoms with Crippen molar-refractivity contribution in [1.82, 2.24) is 10.5 Å². The molecule has 7 heteroatoms. The van der Waals surface area contributed by atoms with E-state index in [-0.39, 0.29) is 19.0 Å². The zero-order valence-corrected chi connectivity index (χ0v) is 8.11. The molecule has 3 N–H and O–H groups in total. The topological polar surface area (TPSA) is 104 Å². The largest absolute Gasteiger partial charge is 0.480 e. The van der Waals surface area contributed by atoms with Crippen molar-refractivity contribution in [2.45, 2.75) is 6.92 Å². The number of hydrogen-bond acceptors (Lipinski definition) is 5. The van der Waals surface area contributed by atoms with Gasteiger partial charge in [-0.1, -0.05) is 5.16 Å². The Balaban J connectivity index is 2.27. The standard InChI is InChI=1S/C8H11N3O4/c1-5-2-6(11-15-5)10-7(12)3-9-4-8(13)14/h2,9H,3-4H2,1H3,(H,13,14)(H,10,11,12). The van der Waals surface area contributed by atoms with E-state index in [0.29, 0.717) is 11.6 Å². The Labute approximate surface area is 85.4 Å². The number of rotatable bonds is 5. The van der Waals surface area contributed by atoms with Crippen LogP contribution in [0.5, 0.6) is 0 Å². The fourth-order valence-corrected chi connectivity index (χ4v) is 0.895. The van der Waals surface area contributed by atoms with Crippen LogP contribution in [0.4, 0.5) is 5.82 Å². The first-order valence-electron chi connectivity index (χ1n) is 4.23. The minimum Gasteiger partial charge on any atom is -0.480 e. The van der Waals surface area contributed by atoms with E-state index in [1.807, 2.05) is 0 Å². The first-order chi connectivity index (χ1) is 7.08. The summed E-state index contributed by atoms with van der Waals surface area (Å²) in [6.07, 6.45) is 0. The number of aryl methyl sites for hydroxylation is 1. The molecule has 1 aromatic heterocycles. The lowest BCUT2D eigenvalue weighted by Crippen LogP contribution is -2.31. The van der Waals surface area contributed by atoms with Crippen LogP contribution in [-0.2, 0) is 9.59 Å². The third kappa shape index (κ3) is 4.23. The number of carbonyl (C=O) groups is 2. The molecule has 0 saturated carbocycles. The smallest absolute Gasteiger partial charge is 0.317 e. The number of carboxylic acid groups (broad SMARTS) is 1. The van der Waals surface area contributed by atoms with Gasteiger partial charge in [-0.3, -0.25) is 14.9 Å². The van der Waals surface area contributed by atoms with E-state index >= 15 is 0 Å². The van der Waals surface area contributed by atoms with Crippen molar-refractivity contribution in [3.8, 4) is 0 Å². The fourth-order valence-electron chi connectivity index (χ4n) is 0.895. The van der Waals surface area contributed by atoms with Crippen molar-refractivity contribution in [2.24, 2.45) is 0 Å². The van der Waals surface area contributed by atoms with Crippen molar-refractivity contribution in [2.75, 3.05) is 18.4 Å². The molecule has 0 radical (unpaired) electrons. The summed E-state index contributed by atoms with van der Waals surface area (Å²) < 4.78 is 4.73. The van der Waals surface area contributed by atoms with E-state index in [2.05, 4.69) is 15.8 Å². The van der Waals surface area contributed by atoms with Gasteiger partial charge in [-0.2, -0.15) is 0 Å². The maximum atomic E-state index is 11.2. The normalized spacial score (nSPS) is 9.93. The van der Waals surface area contributed by atoms with Crippen LogP contribution in [0.15, 0.2) is 10.6 Å². The lowest BCUT2D eigenvalue weighted by Gasteiger charge is -2.00. The second-order valence-electron chi connectivity index (χ2n) is 2.87. The molecule has 0 spiro atoms. The maximum Gasteiger partial charge on any atom is 0.317 e. The van der Waals surface area contributed by atoms with Crippen LogP contribution in [0.3, 0.4) is 0 Å². The van der Waals surface area contributed by atoms with E-state index in [4.69, 9.17) is 9.63 Å². The predicted octanol–water partition coefficient (Wildman–Crippen LogP) is -0.404. The number of hydrogen-bond donors (Lipinski definition) is 3. The number of amides is 1. The first-order valence-corrected chi connectivity index (χ1v) is 4.23. The molecule has 0 aromatic carbocycles. The highest BCUT2D eigenvalue weighted by molar-refractivity contribution is 5.91. The van der Waals surface area contributed by atoms with Crippen molar-refractivity contribution < 1.29 is 19.2 Å². The molecular formula is C8H11N3O4. The summed E-state index contributed by atoms with van der Waals surface area (Å²) in [7, 11) is 0. The molecule has 0 fully saturated rings. The second kappa shape index (κ2) is 5.11. The van der Waals surface area contributed by atoms with Crippen LogP contribution in [0.25, 0.3) is 0 Å². The Hall–Kier alpha value is -1.89. The highest BCUT2D eigenvalue weighted by Crippen LogP contribution is 2.05. The minimum atomic E-state index is -1.01. The van der Waals surface area contributed by atoms with Crippen LogP contribution < -0.4 is 10.6 Å². The highest BCUT2D eigenvalue weighted by atomic mass is 16.5. The Morgan fingerprint density at radius 3 is 2.80 bits per heavy atom. The molecule has 0 aliphatic heterocycles. The van der Waals surface area contributed by atoms with Gasteiger partial charge in [0.1, 0.15) is 5.76 Å². The number of carboxylic acids is 1. The van der Waals surface area contributed by atoms with E-state index in [9.17, 15) is 9.59 Å². The average molecular weight is 213 g/mol. The summed E-state index contributed by atoms with van der Waals surface area (Å²) in [5.74, 6) is -0.483. The van der Waals surface area contributed by atoms with Gasteiger partial charge < -0.3 is 14.9 Å². The SMILES string of the molecule is Cc1cc(NC(=O)CNCC(=O)O)no1. The predicted molar refractivity (Wildman–Crippen MR) is 50.4 cm³/mol. The van der Waals surface area contributed by atoms with E-state index in [0.717, 1.165) is 0 Å². The lowest BCUT2D eigenvalue weighted by atomic mass is 10.4. The first kappa shape index (κ1) is 11.2. The quantitative estimate of drug-likeness (QED) is 0.614. The minimum absolute atomic E-state index is 0.0851. The summed E-state index contributed by atoms with van der Waals surface area (Å²) in [6.45, 7) is 1.36. The molecule has 1 aromatic rings. The van der Waals surface area contributed by atoms with Gasteiger partial charge in [0, 0.05) is 6.07 Å². The molecular weight excluding hydrogens is 202 g/mol. The third-order valence-corrected chi connectivity index (χ3v) is 1.46. The van der Waals surface area contributed by atoms with Gasteiger partial charge in [0.2, 0.25) is 5.91 Å². The van der Waals surface area contributed by atoms with Gasteiger partial charge in [-0.05, 0) is 6.92 Å². The van der Waals surface area contributed by atoms with Crippen LogP contribution in [0, 0.1) is 6.92 Å². The summed E-state index contributed by atoms with van der Waals surface area (Å²) in [5, 5.41) is 16.7. The van der Waals surface area contributed by atoms with Gasteiger partial charge in [0.15, 0.2) is 5.82 Å². The molecule has 0 aliphatic carbocycles. The molecule has 7 nitrogen and oxygen atoms in total. The van der Waals surface area contributed by atoms with Crippen molar-refractivity contribution in [3.63, 3.8) is 0 Å². The highest BCUT2D eigenvalue weighted by Gasteiger charge is 2.06. The molecule has 0 unspecified atom stereocenters. The summed E-state index contributed by atoms with van der Waals surface area (Å²) >= 11 is 0. The zero-order chi connectivity index (χ0) is 11.3. The monoisotopic (exact) mass is 213 g/mol. The van der Waals surface area contributed by atoms with Gasteiger partial charge in [0.05, 0.1) is 13.1 Å². The number of aromatic nitrogens is 1. The molecule has 0 aliphatic rings. The fraction of sp³-hybridized carbons (Fsp3) is 0.375. The van der Waals surface area contributed by atoms with Crippen LogP contribution in [-0.4, -0.2) is 35.2 Å². The molecule has 82 valence electrons. The number of nitrogens with one attached hydrogen (secondary N) is 2. The van der Waals surface area contributed by atoms with E-state index in [1.165, 1.54) is 0 Å². The van der Waals surface area contributed by atoms with Crippen LogP contribution in [0.1, 0.15) is 5.76 Å². The Morgan fingerprint density at radius 1 is 1.53 bits per heavy atom. The van der Waals surface area contributed by atoms with E-state index in [1.54, 1.807) is 13.0 Å². The van der Waals surface area contributed by atoms with Gasteiger partial charge in [-0.25, -0.2) is 0 Å². The molecule has 0 bridgehead atoms. The molecule has 1 amide bonds. The summed E-state index contributed by atoms with van der Waals surface area (Å²) in [5.41, 5.74) is 0. The van der Waals surface area contributed by atoms with Crippen molar-refractivity contribution in [3.05, 3.63) is 11.8 Å². The number of nitrogens with zero attached hydrogens (tertiary/aromatic N) is 1. The van der Waals surface area contributed by atoms with Gasteiger partial charge >= 0.3 is 5.97 Å². The zero-order valence-electron chi connectivity index (χ0n) is 8.11. The molecule has 15 heavy (non-hydrogen) atoms. The number of anilines is 1. The Morgan fingerprint density at radius 2 is 2.27 bits per heavy atom. The second-order valence-corrected chi connectivity index (χ2v) is 2.87. The van der Waals surface area contributed by atoms with Gasteiger partial charge in [-0.15, -0.1) is 0 Å². The maximum absolute atomic E-state index is 11.2. The van der Waals surface area contributed by atoms with E-state index < -0.39 is 5.97 Å².